The van der Waals surface area contributed by atoms with Gasteiger partial charge < -0.3 is 19.7 Å². The fraction of sp³-hybridized carbons (Fsp3) is 1.00. The molecule has 0 bridgehead atoms. The smallest absolute Gasteiger partial charge is 0.160 e. The number of hydrogen-bond acceptors (Lipinski definition) is 5. The molecule has 1 rings (SSSR count). The van der Waals surface area contributed by atoms with E-state index in [9.17, 15) is 5.11 Å². The first kappa shape index (κ1) is 12.2. The van der Waals surface area contributed by atoms with Crippen molar-refractivity contribution in [3.8, 4) is 0 Å². The molecule has 1 heterocycles. The van der Waals surface area contributed by atoms with E-state index in [4.69, 9.17) is 20.1 Å². The van der Waals surface area contributed by atoms with Crippen molar-refractivity contribution in [2.24, 2.45) is 11.0 Å². The van der Waals surface area contributed by atoms with Crippen LogP contribution in [-0.4, -0.2) is 48.5 Å². The third-order valence-electron chi connectivity index (χ3n) is 2.60. The summed E-state index contributed by atoms with van der Waals surface area (Å²) in [6.07, 6.45) is -2.37. The fourth-order valence-corrected chi connectivity index (χ4v) is 1.72. The molecule has 0 aliphatic carbocycles. The predicted molar refractivity (Wildman–Crippen MR) is 50.9 cm³/mol. The minimum absolute atomic E-state index is 0.260. The average molecular weight is 217 g/mol. The predicted octanol–water partition coefficient (Wildman–Crippen LogP) is 0.0259. The lowest BCUT2D eigenvalue weighted by molar-refractivity contribution is -0.248. The third kappa shape index (κ3) is 2.39. The van der Waals surface area contributed by atoms with Gasteiger partial charge in [0.2, 0.25) is 0 Å². The maximum atomic E-state index is 9.74. The number of methoxy groups -OCH3 is 1. The zero-order chi connectivity index (χ0) is 11.4. The van der Waals surface area contributed by atoms with Gasteiger partial charge in [-0.1, -0.05) is 12.0 Å². The summed E-state index contributed by atoms with van der Waals surface area (Å²) in [5.74, 6) is -0.260. The van der Waals surface area contributed by atoms with E-state index in [0.717, 1.165) is 0 Å². The van der Waals surface area contributed by atoms with Crippen molar-refractivity contribution in [1.29, 1.82) is 0 Å². The highest BCUT2D eigenvalue weighted by Gasteiger charge is 2.42. The van der Waals surface area contributed by atoms with Gasteiger partial charge in [-0.15, -0.1) is 0 Å². The van der Waals surface area contributed by atoms with Gasteiger partial charge in [-0.2, -0.15) is 0 Å². The van der Waals surface area contributed by atoms with Gasteiger partial charge in [0.25, 0.3) is 0 Å². The highest BCUT2D eigenvalue weighted by molar-refractivity contribution is 4.92. The van der Waals surface area contributed by atoms with Crippen LogP contribution in [0.15, 0.2) is 5.11 Å². The van der Waals surface area contributed by atoms with Crippen LogP contribution in [0.5, 0.6) is 0 Å². The van der Waals surface area contributed by atoms with Crippen molar-refractivity contribution >= 4 is 0 Å². The van der Waals surface area contributed by atoms with Crippen LogP contribution >= 0.6 is 0 Å². The summed E-state index contributed by atoms with van der Waals surface area (Å²) in [6, 6.07) is -0.647. The standard InChI is InChI=1S/C8H15N3O4/c1-4-6(10-11-9)7(13)5(3-12)15-8(4)14-2/h4-8,12-13H,3H2,1-2H3/t4?,5?,6-,7-,8+/m1/s1. The maximum absolute atomic E-state index is 9.74. The topological polar surface area (TPSA) is 108 Å². The van der Waals surface area contributed by atoms with E-state index >= 15 is 0 Å². The fourth-order valence-electron chi connectivity index (χ4n) is 1.72. The second kappa shape index (κ2) is 5.29. The highest BCUT2D eigenvalue weighted by Crippen LogP contribution is 2.28. The number of aliphatic hydroxyl groups is 2. The Bertz CT molecular complexity index is 240. The monoisotopic (exact) mass is 217 g/mol. The van der Waals surface area contributed by atoms with Crippen molar-refractivity contribution < 1.29 is 19.7 Å². The molecular weight excluding hydrogens is 202 g/mol. The van der Waals surface area contributed by atoms with Gasteiger partial charge in [-0.05, 0) is 5.53 Å². The summed E-state index contributed by atoms with van der Waals surface area (Å²) in [6.45, 7) is 1.41. The van der Waals surface area contributed by atoms with Crippen LogP contribution in [0.4, 0.5) is 0 Å². The second-order valence-electron chi connectivity index (χ2n) is 3.51. The number of nitrogens with zero attached hydrogens (tertiary/aromatic N) is 3. The van der Waals surface area contributed by atoms with Crippen LogP contribution < -0.4 is 0 Å². The van der Waals surface area contributed by atoms with Crippen LogP contribution in [0.2, 0.25) is 0 Å². The lowest BCUT2D eigenvalue weighted by Crippen LogP contribution is -2.54. The molecule has 1 saturated heterocycles. The summed E-state index contributed by atoms with van der Waals surface area (Å²) in [5.41, 5.74) is 8.38. The Morgan fingerprint density at radius 3 is 2.73 bits per heavy atom. The Labute approximate surface area is 87.2 Å². The molecule has 1 aliphatic heterocycles. The molecule has 7 heteroatoms. The molecule has 5 atom stereocenters. The molecule has 0 aromatic carbocycles. The Morgan fingerprint density at radius 2 is 2.27 bits per heavy atom. The molecule has 0 spiro atoms. The van der Waals surface area contributed by atoms with Gasteiger partial charge in [0.1, 0.15) is 6.10 Å². The summed E-state index contributed by atoms with van der Waals surface area (Å²) in [5, 5.41) is 22.2. The molecule has 1 aliphatic rings. The number of aliphatic hydroxyl groups excluding tert-OH is 2. The summed E-state index contributed by atoms with van der Waals surface area (Å²) in [7, 11) is 1.46. The molecular formula is C8H15N3O4. The third-order valence-corrected chi connectivity index (χ3v) is 2.60. The van der Waals surface area contributed by atoms with E-state index in [1.165, 1.54) is 7.11 Å². The Balaban J connectivity index is 2.85. The largest absolute Gasteiger partial charge is 0.394 e. The zero-order valence-electron chi connectivity index (χ0n) is 8.65. The molecule has 0 radical (unpaired) electrons. The molecule has 2 N–H and O–H groups in total. The van der Waals surface area contributed by atoms with Crippen molar-refractivity contribution in [3.63, 3.8) is 0 Å². The van der Waals surface area contributed by atoms with E-state index in [0.29, 0.717) is 0 Å². The van der Waals surface area contributed by atoms with Gasteiger partial charge in [-0.25, -0.2) is 0 Å². The van der Waals surface area contributed by atoms with Crippen molar-refractivity contribution in [1.82, 2.24) is 0 Å². The Morgan fingerprint density at radius 1 is 1.60 bits per heavy atom. The molecule has 1 fully saturated rings. The average Bonchev–Trinajstić information content (AvgIpc) is 2.25. The molecule has 0 aromatic rings. The van der Waals surface area contributed by atoms with Gasteiger partial charge in [0.05, 0.1) is 18.8 Å². The lowest BCUT2D eigenvalue weighted by Gasteiger charge is -2.40. The van der Waals surface area contributed by atoms with Crippen molar-refractivity contribution in [3.05, 3.63) is 10.4 Å². The molecule has 7 nitrogen and oxygen atoms in total. The minimum atomic E-state index is -1.01. The molecule has 2 unspecified atom stereocenters. The lowest BCUT2D eigenvalue weighted by atomic mass is 9.90. The van der Waals surface area contributed by atoms with Crippen molar-refractivity contribution in [2.45, 2.75) is 31.5 Å². The number of rotatable bonds is 3. The van der Waals surface area contributed by atoms with E-state index in [1.54, 1.807) is 6.92 Å². The van der Waals surface area contributed by atoms with Crippen LogP contribution in [0.3, 0.4) is 0 Å². The van der Waals surface area contributed by atoms with Crippen LogP contribution in [0, 0.1) is 5.92 Å². The number of azide groups is 1. The van der Waals surface area contributed by atoms with Crippen LogP contribution in [-0.2, 0) is 9.47 Å². The molecule has 15 heavy (non-hydrogen) atoms. The SMILES string of the molecule is CO[C@H]1OC(CO)[C@@H](O)[C@H](N=[N+]=[N-])C1C. The number of ether oxygens (including phenoxy) is 2. The van der Waals surface area contributed by atoms with Gasteiger partial charge >= 0.3 is 0 Å². The van der Waals surface area contributed by atoms with E-state index < -0.39 is 24.5 Å². The molecule has 0 amide bonds. The zero-order valence-corrected chi connectivity index (χ0v) is 8.65. The van der Waals surface area contributed by atoms with E-state index in [-0.39, 0.29) is 12.5 Å². The van der Waals surface area contributed by atoms with Crippen LogP contribution in [0.1, 0.15) is 6.92 Å². The van der Waals surface area contributed by atoms with E-state index in [2.05, 4.69) is 10.0 Å². The van der Waals surface area contributed by atoms with Gasteiger partial charge in [0.15, 0.2) is 6.29 Å². The highest BCUT2D eigenvalue weighted by atomic mass is 16.7. The summed E-state index contributed by atoms with van der Waals surface area (Å²) >= 11 is 0. The Hall–Kier alpha value is -0.850. The Kier molecular flexibility index (Phi) is 4.31. The van der Waals surface area contributed by atoms with Gasteiger partial charge in [-0.3, -0.25) is 0 Å². The molecule has 0 saturated carbocycles. The quantitative estimate of drug-likeness (QED) is 0.395. The minimum Gasteiger partial charge on any atom is -0.394 e. The van der Waals surface area contributed by atoms with E-state index in [1.807, 2.05) is 0 Å². The summed E-state index contributed by atoms with van der Waals surface area (Å²) in [4.78, 5) is 2.67. The molecule has 86 valence electrons. The first-order valence-corrected chi connectivity index (χ1v) is 4.67. The van der Waals surface area contributed by atoms with Crippen molar-refractivity contribution in [2.75, 3.05) is 13.7 Å². The number of hydrogen-bond donors (Lipinski definition) is 2. The maximum Gasteiger partial charge on any atom is 0.160 e. The summed E-state index contributed by atoms with van der Waals surface area (Å²) < 4.78 is 10.3. The van der Waals surface area contributed by atoms with Gasteiger partial charge in [0, 0.05) is 17.9 Å². The van der Waals surface area contributed by atoms with Crippen LogP contribution in [0.25, 0.3) is 10.4 Å². The first-order chi connectivity index (χ1) is 7.15. The molecule has 0 aromatic heterocycles. The second-order valence-corrected chi connectivity index (χ2v) is 3.51. The first-order valence-electron chi connectivity index (χ1n) is 4.67. The normalized spacial score (nSPS) is 40.9.